The number of carbonyl (C=O) groups is 2. The van der Waals surface area contributed by atoms with Gasteiger partial charge in [0, 0.05) is 23.1 Å². The first kappa shape index (κ1) is 31.3. The number of rotatable bonds is 12. The third-order valence-electron chi connectivity index (χ3n) is 6.25. The van der Waals surface area contributed by atoms with E-state index < -0.39 is 28.5 Å². The fourth-order valence-corrected chi connectivity index (χ4v) is 5.87. The molecule has 0 saturated carbocycles. The Hall–Kier alpha value is -3.27. The summed E-state index contributed by atoms with van der Waals surface area (Å²) in [5, 5.41) is 3.23. The van der Waals surface area contributed by atoms with Gasteiger partial charge in [0.2, 0.25) is 11.8 Å². The largest absolute Gasteiger partial charge is 0.497 e. The molecule has 3 aromatic rings. The lowest BCUT2D eigenvalue weighted by Gasteiger charge is -2.32. The van der Waals surface area contributed by atoms with Crippen molar-refractivity contribution in [3.63, 3.8) is 0 Å². The van der Waals surface area contributed by atoms with Crippen molar-refractivity contribution < 1.29 is 22.7 Å². The number of ether oxygens (including phenoxy) is 1. The Kier molecular flexibility index (Phi) is 10.8. The first-order valence-electron chi connectivity index (χ1n) is 12.7. The van der Waals surface area contributed by atoms with Crippen LogP contribution in [0.25, 0.3) is 0 Å². The van der Waals surface area contributed by atoms with E-state index >= 15 is 0 Å². The first-order chi connectivity index (χ1) is 19.0. The summed E-state index contributed by atoms with van der Waals surface area (Å²) in [6, 6.07) is 16.8. The normalized spacial score (nSPS) is 11.9. The quantitative estimate of drug-likeness (QED) is 0.296. The Morgan fingerprint density at radius 2 is 1.57 bits per heavy atom. The number of halogens is 2. The number of amides is 2. The van der Waals surface area contributed by atoms with Gasteiger partial charge in [-0.15, -0.1) is 0 Å². The predicted octanol–water partition coefficient (Wildman–Crippen LogP) is 5.45. The number of methoxy groups -OCH3 is 1. The van der Waals surface area contributed by atoms with Gasteiger partial charge in [0.25, 0.3) is 10.0 Å². The van der Waals surface area contributed by atoms with Crippen LogP contribution >= 0.6 is 23.2 Å². The summed E-state index contributed by atoms with van der Waals surface area (Å²) in [5.41, 5.74) is 1.74. The van der Waals surface area contributed by atoms with Gasteiger partial charge in [-0.3, -0.25) is 13.9 Å². The van der Waals surface area contributed by atoms with Crippen LogP contribution in [0.3, 0.4) is 0 Å². The van der Waals surface area contributed by atoms with Crippen LogP contribution in [-0.2, 0) is 26.2 Å². The molecule has 3 aromatic carbocycles. The van der Waals surface area contributed by atoms with Crippen molar-refractivity contribution in [1.82, 2.24) is 10.2 Å². The van der Waals surface area contributed by atoms with E-state index in [4.69, 9.17) is 27.9 Å². The Morgan fingerprint density at radius 1 is 0.975 bits per heavy atom. The van der Waals surface area contributed by atoms with E-state index in [0.717, 1.165) is 21.9 Å². The second-order valence-electron chi connectivity index (χ2n) is 9.29. The van der Waals surface area contributed by atoms with Crippen LogP contribution < -0.4 is 14.4 Å². The number of nitrogens with one attached hydrogen (secondary N) is 1. The van der Waals surface area contributed by atoms with Crippen LogP contribution in [0.5, 0.6) is 5.75 Å². The monoisotopic (exact) mass is 605 g/mol. The molecule has 40 heavy (non-hydrogen) atoms. The third kappa shape index (κ3) is 7.90. The topological polar surface area (TPSA) is 96.0 Å². The van der Waals surface area contributed by atoms with Crippen LogP contribution in [0.4, 0.5) is 5.69 Å². The zero-order chi connectivity index (χ0) is 29.4. The maximum Gasteiger partial charge on any atom is 0.264 e. The van der Waals surface area contributed by atoms with Crippen molar-refractivity contribution in [1.29, 1.82) is 0 Å². The van der Waals surface area contributed by atoms with Gasteiger partial charge in [-0.05, 0) is 68.3 Å². The first-order valence-corrected chi connectivity index (χ1v) is 14.9. The molecule has 3 rings (SSSR count). The van der Waals surface area contributed by atoms with Crippen molar-refractivity contribution in [3.05, 3.63) is 87.9 Å². The van der Waals surface area contributed by atoms with Crippen LogP contribution in [0.1, 0.15) is 31.4 Å². The van der Waals surface area contributed by atoms with Crippen molar-refractivity contribution in [2.75, 3.05) is 24.5 Å². The van der Waals surface area contributed by atoms with Gasteiger partial charge in [-0.1, -0.05) is 60.0 Å². The van der Waals surface area contributed by atoms with Crippen molar-refractivity contribution in [3.8, 4) is 5.75 Å². The van der Waals surface area contributed by atoms with Crippen LogP contribution in [0.2, 0.25) is 10.0 Å². The number of hydrogen-bond acceptors (Lipinski definition) is 5. The molecule has 1 N–H and O–H groups in total. The minimum atomic E-state index is -4.22. The molecule has 214 valence electrons. The zero-order valence-corrected chi connectivity index (χ0v) is 25.2. The summed E-state index contributed by atoms with van der Waals surface area (Å²) in [4.78, 5) is 28.2. The fourth-order valence-electron chi connectivity index (χ4n) is 3.96. The van der Waals surface area contributed by atoms with E-state index in [2.05, 4.69) is 5.32 Å². The Bertz CT molecular complexity index is 1410. The maximum atomic E-state index is 13.9. The summed E-state index contributed by atoms with van der Waals surface area (Å²) in [7, 11) is -2.67. The number of aryl methyl sites for hydroxylation is 1. The standard InChI is InChI=1S/C29H33Cl2N3O5S/c1-5-14-32-29(36)21(3)33(18-22-8-10-26(39-4)11-9-22)28(35)19-34(25-16-23(30)15-24(31)17-25)40(37,38)27-12-6-20(2)7-13-27/h6-13,15-17,21H,5,14,18-19H2,1-4H3,(H,32,36). The van der Waals surface area contributed by atoms with Crippen LogP contribution in [0, 0.1) is 6.92 Å². The van der Waals surface area contributed by atoms with Crippen molar-refractivity contribution in [2.45, 2.75) is 44.7 Å². The molecule has 0 radical (unpaired) electrons. The highest BCUT2D eigenvalue weighted by atomic mass is 35.5. The molecule has 0 saturated heterocycles. The number of sulfonamides is 1. The number of anilines is 1. The molecule has 1 atom stereocenters. The summed E-state index contributed by atoms with van der Waals surface area (Å²) in [6.07, 6.45) is 0.725. The van der Waals surface area contributed by atoms with Crippen molar-refractivity contribution >= 4 is 50.7 Å². The molecule has 2 amide bonds. The molecular formula is C29H33Cl2N3O5S. The molecule has 0 spiro atoms. The minimum Gasteiger partial charge on any atom is -0.497 e. The maximum absolute atomic E-state index is 13.9. The van der Waals surface area contributed by atoms with Gasteiger partial charge < -0.3 is 15.0 Å². The van der Waals surface area contributed by atoms with Crippen LogP contribution in [-0.4, -0.2) is 51.4 Å². The Labute approximate surface area is 245 Å². The van der Waals surface area contributed by atoms with Gasteiger partial charge in [-0.2, -0.15) is 0 Å². The lowest BCUT2D eigenvalue weighted by Crippen LogP contribution is -2.51. The molecule has 11 heteroatoms. The molecule has 0 heterocycles. The van der Waals surface area contributed by atoms with Gasteiger partial charge in [0.05, 0.1) is 17.7 Å². The van der Waals surface area contributed by atoms with E-state index in [1.807, 2.05) is 13.8 Å². The molecule has 0 aliphatic carbocycles. The molecule has 0 fully saturated rings. The molecule has 8 nitrogen and oxygen atoms in total. The second-order valence-corrected chi connectivity index (χ2v) is 12.0. The number of hydrogen-bond donors (Lipinski definition) is 1. The molecular weight excluding hydrogens is 573 g/mol. The molecule has 0 bridgehead atoms. The van der Waals surface area contributed by atoms with Gasteiger partial charge in [0.15, 0.2) is 0 Å². The van der Waals surface area contributed by atoms with E-state index in [9.17, 15) is 18.0 Å². The van der Waals surface area contributed by atoms with E-state index in [1.54, 1.807) is 50.4 Å². The smallest absolute Gasteiger partial charge is 0.264 e. The van der Waals surface area contributed by atoms with E-state index in [1.165, 1.54) is 35.2 Å². The second kappa shape index (κ2) is 13.9. The number of carbonyl (C=O) groups excluding carboxylic acids is 2. The summed E-state index contributed by atoms with van der Waals surface area (Å²) in [5.74, 6) is -0.284. The van der Waals surface area contributed by atoms with Gasteiger partial charge in [-0.25, -0.2) is 8.42 Å². The van der Waals surface area contributed by atoms with Crippen molar-refractivity contribution in [2.24, 2.45) is 0 Å². The molecule has 0 aliphatic rings. The highest BCUT2D eigenvalue weighted by molar-refractivity contribution is 7.92. The number of nitrogens with zero attached hydrogens (tertiary/aromatic N) is 2. The fraction of sp³-hybridized carbons (Fsp3) is 0.310. The summed E-state index contributed by atoms with van der Waals surface area (Å²) >= 11 is 12.4. The lowest BCUT2D eigenvalue weighted by atomic mass is 10.1. The number of benzene rings is 3. The Balaban J connectivity index is 2.04. The Morgan fingerprint density at radius 3 is 2.12 bits per heavy atom. The minimum absolute atomic E-state index is 0.00237. The molecule has 1 unspecified atom stereocenters. The zero-order valence-electron chi connectivity index (χ0n) is 22.9. The van der Waals surface area contributed by atoms with E-state index in [-0.39, 0.29) is 33.1 Å². The summed E-state index contributed by atoms with van der Waals surface area (Å²) < 4.78 is 33.9. The highest BCUT2D eigenvalue weighted by Crippen LogP contribution is 2.30. The van der Waals surface area contributed by atoms with Gasteiger partial charge in [0.1, 0.15) is 18.3 Å². The molecule has 0 aromatic heterocycles. The highest BCUT2D eigenvalue weighted by Gasteiger charge is 2.32. The third-order valence-corrected chi connectivity index (χ3v) is 8.48. The lowest BCUT2D eigenvalue weighted by molar-refractivity contribution is -0.139. The van der Waals surface area contributed by atoms with Gasteiger partial charge >= 0.3 is 0 Å². The van der Waals surface area contributed by atoms with Crippen LogP contribution in [0.15, 0.2) is 71.6 Å². The van der Waals surface area contributed by atoms with E-state index in [0.29, 0.717) is 12.3 Å². The SMILES string of the molecule is CCCNC(=O)C(C)N(Cc1ccc(OC)cc1)C(=O)CN(c1cc(Cl)cc(Cl)c1)S(=O)(=O)c1ccc(C)cc1. The average molecular weight is 607 g/mol. The molecule has 0 aliphatic heterocycles. The summed E-state index contributed by atoms with van der Waals surface area (Å²) in [6.45, 7) is 5.31. The average Bonchev–Trinajstić information content (AvgIpc) is 2.92. The predicted molar refractivity (Wildman–Crippen MR) is 158 cm³/mol.